The van der Waals surface area contributed by atoms with Crippen LogP contribution in [0.3, 0.4) is 0 Å². The van der Waals surface area contributed by atoms with Crippen LogP contribution in [0, 0.1) is 5.82 Å². The monoisotopic (exact) mass is 324 g/mol. The van der Waals surface area contributed by atoms with Gasteiger partial charge in [0.05, 0.1) is 0 Å². The largest absolute Gasteiger partial charge is 0.352 e. The molecule has 4 rings (SSSR count). The van der Waals surface area contributed by atoms with Crippen LogP contribution in [0.2, 0.25) is 0 Å². The number of carbonyl (C=O) groups is 1. The molecule has 3 nitrogen and oxygen atoms in total. The maximum atomic E-state index is 14.0. The van der Waals surface area contributed by atoms with E-state index in [1.54, 1.807) is 6.07 Å². The molecule has 2 aliphatic carbocycles. The summed E-state index contributed by atoms with van der Waals surface area (Å²) in [5.74, 6) is -0.135. The Morgan fingerprint density at radius 3 is 2.58 bits per heavy atom. The molecule has 124 valence electrons. The molecule has 0 bridgehead atoms. The molecule has 2 aromatic carbocycles. The Balaban J connectivity index is 1.59. The van der Waals surface area contributed by atoms with Crippen molar-refractivity contribution in [2.45, 2.75) is 43.8 Å². The van der Waals surface area contributed by atoms with Crippen molar-refractivity contribution in [3.63, 3.8) is 0 Å². The molecule has 2 N–H and O–H groups in total. The first kappa shape index (κ1) is 15.3. The average Bonchev–Trinajstić information content (AvgIpc) is 3.31. The number of fused-ring (bicyclic) bond motifs is 1. The number of hydrogen-bond donors (Lipinski definition) is 2. The van der Waals surface area contributed by atoms with Crippen molar-refractivity contribution in [1.29, 1.82) is 0 Å². The molecule has 0 aromatic heterocycles. The minimum absolute atomic E-state index is 0.00543. The third-order valence-electron chi connectivity index (χ3n) is 4.90. The number of halogens is 1. The topological polar surface area (TPSA) is 41.1 Å². The minimum atomic E-state index is -0.411. The Labute approximate surface area is 141 Å². The molecule has 1 fully saturated rings. The van der Waals surface area contributed by atoms with E-state index in [1.165, 1.54) is 6.07 Å². The summed E-state index contributed by atoms with van der Waals surface area (Å²) in [6.07, 6.45) is 3.65. The third-order valence-corrected chi connectivity index (χ3v) is 4.90. The van der Waals surface area contributed by atoms with Crippen LogP contribution in [0.5, 0.6) is 0 Å². The third kappa shape index (κ3) is 3.06. The molecule has 1 amide bonds. The number of amides is 1. The molecular weight excluding hydrogens is 303 g/mol. The van der Waals surface area contributed by atoms with Crippen molar-refractivity contribution in [2.75, 3.05) is 0 Å². The number of nitrogens with one attached hydrogen (secondary N) is 2. The van der Waals surface area contributed by atoms with Crippen LogP contribution in [0.15, 0.2) is 48.5 Å². The fourth-order valence-corrected chi connectivity index (χ4v) is 3.46. The number of carbonyl (C=O) groups excluding carboxylic acids is 1. The maximum absolute atomic E-state index is 14.0. The molecule has 0 saturated heterocycles. The molecule has 1 saturated carbocycles. The van der Waals surface area contributed by atoms with Gasteiger partial charge in [-0.2, -0.15) is 0 Å². The lowest BCUT2D eigenvalue weighted by Crippen LogP contribution is -2.39. The zero-order chi connectivity index (χ0) is 16.5. The first-order valence-electron chi connectivity index (χ1n) is 8.61. The standard InChI is InChI=1S/C20H21FN2O/c21-17-8-4-7-16-15(17)11-12-18(16)23-19(13-5-2-1-3-6-13)20(24)22-14-9-10-14/h1-8,14,18-19,23H,9-12H2,(H,22,24)/t18-,19-/m1/s1. The van der Waals surface area contributed by atoms with E-state index in [1.807, 2.05) is 36.4 Å². The zero-order valence-electron chi connectivity index (χ0n) is 13.5. The van der Waals surface area contributed by atoms with Gasteiger partial charge in [0.25, 0.3) is 0 Å². The Morgan fingerprint density at radius 2 is 1.83 bits per heavy atom. The van der Waals surface area contributed by atoms with Crippen molar-refractivity contribution in [1.82, 2.24) is 10.6 Å². The lowest BCUT2D eigenvalue weighted by atomic mass is 10.0. The normalized spacial score (nSPS) is 20.5. The highest BCUT2D eigenvalue weighted by molar-refractivity contribution is 5.83. The fraction of sp³-hybridized carbons (Fsp3) is 0.350. The van der Waals surface area contributed by atoms with Crippen LogP contribution in [-0.4, -0.2) is 11.9 Å². The average molecular weight is 324 g/mol. The Bertz CT molecular complexity index is 743. The van der Waals surface area contributed by atoms with Gasteiger partial charge in [-0.1, -0.05) is 42.5 Å². The molecule has 4 heteroatoms. The minimum Gasteiger partial charge on any atom is -0.352 e. The Kier molecular flexibility index (Phi) is 4.07. The summed E-state index contributed by atoms with van der Waals surface area (Å²) >= 11 is 0. The highest BCUT2D eigenvalue weighted by Crippen LogP contribution is 2.34. The maximum Gasteiger partial charge on any atom is 0.241 e. The molecule has 0 unspecified atom stereocenters. The number of hydrogen-bond acceptors (Lipinski definition) is 2. The van der Waals surface area contributed by atoms with Gasteiger partial charge >= 0.3 is 0 Å². The molecule has 0 aliphatic heterocycles. The van der Waals surface area contributed by atoms with Crippen molar-refractivity contribution >= 4 is 5.91 Å². The second kappa shape index (κ2) is 6.36. The van der Waals surface area contributed by atoms with Crippen molar-refractivity contribution in [3.05, 3.63) is 71.0 Å². The van der Waals surface area contributed by atoms with E-state index in [0.29, 0.717) is 12.5 Å². The number of benzene rings is 2. The molecule has 2 aromatic rings. The van der Waals surface area contributed by atoms with Crippen LogP contribution in [-0.2, 0) is 11.2 Å². The van der Waals surface area contributed by atoms with Crippen LogP contribution in [0.4, 0.5) is 4.39 Å². The van der Waals surface area contributed by atoms with E-state index in [4.69, 9.17) is 0 Å². The van der Waals surface area contributed by atoms with Gasteiger partial charge in [0.2, 0.25) is 5.91 Å². The van der Waals surface area contributed by atoms with Crippen molar-refractivity contribution in [3.8, 4) is 0 Å². The van der Waals surface area contributed by atoms with Crippen LogP contribution < -0.4 is 10.6 Å². The Hall–Kier alpha value is -2.20. The SMILES string of the molecule is O=C(NC1CC1)[C@H](N[C@@H]1CCc2c(F)cccc21)c1ccccc1. The van der Waals surface area contributed by atoms with Gasteiger partial charge in [-0.3, -0.25) is 10.1 Å². The molecule has 0 spiro atoms. The summed E-state index contributed by atoms with van der Waals surface area (Å²) in [7, 11) is 0. The molecule has 0 heterocycles. The van der Waals surface area contributed by atoms with E-state index in [0.717, 1.165) is 36.0 Å². The van der Waals surface area contributed by atoms with Crippen molar-refractivity contribution in [2.24, 2.45) is 0 Å². The molecule has 2 aliphatic rings. The number of rotatable bonds is 5. The first-order valence-corrected chi connectivity index (χ1v) is 8.61. The Morgan fingerprint density at radius 1 is 1.04 bits per heavy atom. The summed E-state index contributed by atoms with van der Waals surface area (Å²) in [4.78, 5) is 12.7. The lowest BCUT2D eigenvalue weighted by Gasteiger charge is -2.23. The second-order valence-corrected chi connectivity index (χ2v) is 6.69. The predicted octanol–water partition coefficient (Wildman–Crippen LogP) is 3.42. The van der Waals surface area contributed by atoms with E-state index in [9.17, 15) is 9.18 Å². The summed E-state index contributed by atoms with van der Waals surface area (Å²) in [6, 6.07) is 14.9. The molecule has 24 heavy (non-hydrogen) atoms. The zero-order valence-corrected chi connectivity index (χ0v) is 13.5. The van der Waals surface area contributed by atoms with Gasteiger partial charge in [0.15, 0.2) is 0 Å². The van der Waals surface area contributed by atoms with Crippen LogP contribution in [0.1, 0.15) is 48.0 Å². The molecular formula is C20H21FN2O. The summed E-state index contributed by atoms with van der Waals surface area (Å²) in [6.45, 7) is 0. The predicted molar refractivity (Wildman–Crippen MR) is 90.9 cm³/mol. The lowest BCUT2D eigenvalue weighted by molar-refractivity contribution is -0.123. The second-order valence-electron chi connectivity index (χ2n) is 6.69. The van der Waals surface area contributed by atoms with E-state index >= 15 is 0 Å². The fourth-order valence-electron chi connectivity index (χ4n) is 3.46. The smallest absolute Gasteiger partial charge is 0.241 e. The highest BCUT2D eigenvalue weighted by atomic mass is 19.1. The summed E-state index contributed by atoms with van der Waals surface area (Å²) in [5.41, 5.74) is 2.71. The van der Waals surface area contributed by atoms with Crippen molar-refractivity contribution < 1.29 is 9.18 Å². The molecule has 2 atom stereocenters. The van der Waals surface area contributed by atoms with Crippen LogP contribution >= 0.6 is 0 Å². The van der Waals surface area contributed by atoms with Gasteiger partial charge < -0.3 is 5.32 Å². The van der Waals surface area contributed by atoms with E-state index in [2.05, 4.69) is 10.6 Å². The van der Waals surface area contributed by atoms with E-state index < -0.39 is 6.04 Å². The van der Waals surface area contributed by atoms with E-state index in [-0.39, 0.29) is 17.8 Å². The summed E-state index contributed by atoms with van der Waals surface area (Å²) < 4.78 is 14.0. The first-order chi connectivity index (χ1) is 11.7. The van der Waals surface area contributed by atoms with Gasteiger partial charge in [-0.05, 0) is 48.4 Å². The van der Waals surface area contributed by atoms with Gasteiger partial charge in [-0.15, -0.1) is 0 Å². The van der Waals surface area contributed by atoms with Gasteiger partial charge in [0, 0.05) is 12.1 Å². The van der Waals surface area contributed by atoms with Gasteiger partial charge in [0.1, 0.15) is 11.9 Å². The van der Waals surface area contributed by atoms with Gasteiger partial charge in [-0.25, -0.2) is 4.39 Å². The summed E-state index contributed by atoms with van der Waals surface area (Å²) in [5, 5.41) is 6.56. The molecule has 0 radical (unpaired) electrons. The van der Waals surface area contributed by atoms with Crippen LogP contribution in [0.25, 0.3) is 0 Å². The highest BCUT2D eigenvalue weighted by Gasteiger charge is 2.32. The quantitative estimate of drug-likeness (QED) is 0.885.